The lowest BCUT2D eigenvalue weighted by Gasteiger charge is -2.39. The fraction of sp³-hybridized carbons (Fsp3) is 0.324. The fourth-order valence-electron chi connectivity index (χ4n) is 5.35. The third-order valence-electron chi connectivity index (χ3n) is 7.68. The Hall–Kier alpha value is -3.74. The zero-order valence-corrected chi connectivity index (χ0v) is 23.6. The van der Waals surface area contributed by atoms with E-state index in [0.29, 0.717) is 43.3 Å². The van der Waals surface area contributed by atoms with Crippen LogP contribution in [-0.2, 0) is 13.1 Å². The van der Waals surface area contributed by atoms with Crippen molar-refractivity contribution in [2.75, 3.05) is 26.2 Å². The standard InChI is InChI=1S/C34H38FN3O2/c1-34(2,3)38(24-28-16-10-11-17-30(28)35)25-29-18-19-31(40-29)33(39)37-22-20-36(21-23-37)32(26-12-6-4-7-13-26)27-14-8-5-9-15-27/h4-19,32H,20-25H2,1-3H3. The summed E-state index contributed by atoms with van der Waals surface area (Å²) in [4.78, 5) is 19.9. The maximum atomic E-state index is 14.4. The Kier molecular flexibility index (Phi) is 8.48. The first kappa shape index (κ1) is 27.8. The molecular formula is C34H38FN3O2. The quantitative estimate of drug-likeness (QED) is 0.248. The number of carbonyl (C=O) groups excluding carboxylic acids is 1. The van der Waals surface area contributed by atoms with Crippen molar-refractivity contribution in [3.8, 4) is 0 Å². The van der Waals surface area contributed by atoms with Gasteiger partial charge in [-0.1, -0.05) is 78.9 Å². The molecule has 0 unspecified atom stereocenters. The van der Waals surface area contributed by atoms with Crippen molar-refractivity contribution in [1.29, 1.82) is 0 Å². The predicted octanol–water partition coefficient (Wildman–Crippen LogP) is 6.77. The van der Waals surface area contributed by atoms with E-state index in [9.17, 15) is 9.18 Å². The molecule has 208 valence electrons. The minimum absolute atomic E-state index is 0.0849. The zero-order chi connectivity index (χ0) is 28.1. The van der Waals surface area contributed by atoms with Crippen LogP contribution in [-0.4, -0.2) is 52.3 Å². The molecule has 0 saturated carbocycles. The number of furan rings is 1. The predicted molar refractivity (Wildman–Crippen MR) is 156 cm³/mol. The summed E-state index contributed by atoms with van der Waals surface area (Å²) in [5, 5.41) is 0. The molecule has 40 heavy (non-hydrogen) atoms. The minimum atomic E-state index is -0.219. The number of amides is 1. The highest BCUT2D eigenvalue weighted by atomic mass is 19.1. The van der Waals surface area contributed by atoms with Crippen LogP contribution in [0.2, 0.25) is 0 Å². The largest absolute Gasteiger partial charge is 0.455 e. The summed E-state index contributed by atoms with van der Waals surface area (Å²) in [6.07, 6.45) is 0. The number of hydrogen-bond donors (Lipinski definition) is 0. The molecule has 1 aliphatic heterocycles. The average Bonchev–Trinajstić information content (AvgIpc) is 3.43. The molecule has 0 aliphatic carbocycles. The molecule has 3 aromatic carbocycles. The zero-order valence-electron chi connectivity index (χ0n) is 23.6. The van der Waals surface area contributed by atoms with Crippen molar-refractivity contribution in [3.05, 3.63) is 131 Å². The lowest BCUT2D eigenvalue weighted by atomic mass is 9.96. The van der Waals surface area contributed by atoms with E-state index < -0.39 is 0 Å². The average molecular weight is 540 g/mol. The Morgan fingerprint density at radius 2 is 1.38 bits per heavy atom. The molecule has 1 amide bonds. The van der Waals surface area contributed by atoms with E-state index in [0.717, 1.165) is 13.1 Å². The van der Waals surface area contributed by atoms with Gasteiger partial charge in [-0.15, -0.1) is 0 Å². The normalized spacial score (nSPS) is 14.7. The Labute approximate surface area is 236 Å². The summed E-state index contributed by atoms with van der Waals surface area (Å²) in [7, 11) is 0. The van der Waals surface area contributed by atoms with E-state index >= 15 is 0 Å². The molecule has 2 heterocycles. The van der Waals surface area contributed by atoms with Gasteiger partial charge in [-0.05, 0) is 50.1 Å². The van der Waals surface area contributed by atoms with Gasteiger partial charge < -0.3 is 9.32 Å². The second-order valence-electron chi connectivity index (χ2n) is 11.4. The fourth-order valence-corrected chi connectivity index (χ4v) is 5.35. The topological polar surface area (TPSA) is 39.9 Å². The first-order valence-corrected chi connectivity index (χ1v) is 14.0. The molecule has 0 bridgehead atoms. The monoisotopic (exact) mass is 539 g/mol. The van der Waals surface area contributed by atoms with Gasteiger partial charge in [0.05, 0.1) is 12.6 Å². The van der Waals surface area contributed by atoms with Crippen LogP contribution < -0.4 is 0 Å². The second kappa shape index (κ2) is 12.2. The highest BCUT2D eigenvalue weighted by molar-refractivity contribution is 5.91. The molecule has 0 spiro atoms. The van der Waals surface area contributed by atoms with Gasteiger partial charge in [0.1, 0.15) is 11.6 Å². The van der Waals surface area contributed by atoms with Gasteiger partial charge in [0.2, 0.25) is 0 Å². The molecule has 1 aromatic heterocycles. The molecule has 6 heteroatoms. The number of benzene rings is 3. The Bertz CT molecular complexity index is 1350. The van der Waals surface area contributed by atoms with Gasteiger partial charge in [-0.3, -0.25) is 14.6 Å². The van der Waals surface area contributed by atoms with Crippen molar-refractivity contribution in [2.45, 2.75) is 45.4 Å². The molecule has 1 saturated heterocycles. The van der Waals surface area contributed by atoms with Crippen molar-refractivity contribution in [2.24, 2.45) is 0 Å². The number of piperazine rings is 1. The summed E-state index contributed by atoms with van der Waals surface area (Å²) in [5.41, 5.74) is 2.93. The Balaban J connectivity index is 1.24. The molecule has 5 rings (SSSR count). The van der Waals surface area contributed by atoms with E-state index in [1.54, 1.807) is 12.1 Å². The molecule has 5 nitrogen and oxygen atoms in total. The van der Waals surface area contributed by atoms with Crippen LogP contribution in [0.5, 0.6) is 0 Å². The van der Waals surface area contributed by atoms with Gasteiger partial charge >= 0.3 is 0 Å². The van der Waals surface area contributed by atoms with Gasteiger partial charge in [-0.25, -0.2) is 4.39 Å². The van der Waals surface area contributed by atoms with Crippen molar-refractivity contribution in [3.63, 3.8) is 0 Å². The van der Waals surface area contributed by atoms with Crippen molar-refractivity contribution < 1.29 is 13.6 Å². The summed E-state index contributed by atoms with van der Waals surface area (Å²) < 4.78 is 20.4. The van der Waals surface area contributed by atoms with Crippen LogP contribution in [0.25, 0.3) is 0 Å². The summed E-state index contributed by atoms with van der Waals surface area (Å²) in [6.45, 7) is 10.0. The number of hydrogen-bond acceptors (Lipinski definition) is 4. The molecular weight excluding hydrogens is 501 g/mol. The lowest BCUT2D eigenvalue weighted by molar-refractivity contribution is 0.0560. The summed E-state index contributed by atoms with van der Waals surface area (Å²) in [5.74, 6) is 0.749. The van der Waals surface area contributed by atoms with Gasteiger partial charge in [0.15, 0.2) is 5.76 Å². The number of rotatable bonds is 8. The van der Waals surface area contributed by atoms with E-state index in [2.05, 4.69) is 79.1 Å². The SMILES string of the molecule is CC(C)(C)N(Cc1ccc(C(=O)N2CCN(C(c3ccccc3)c3ccccc3)CC2)o1)Cc1ccccc1F. The third-order valence-corrected chi connectivity index (χ3v) is 7.68. The Morgan fingerprint density at radius 1 is 0.800 bits per heavy atom. The van der Waals surface area contributed by atoms with Gasteiger partial charge in [0.25, 0.3) is 5.91 Å². The maximum Gasteiger partial charge on any atom is 0.289 e. The highest BCUT2D eigenvalue weighted by Crippen LogP contribution is 2.30. The lowest BCUT2D eigenvalue weighted by Crippen LogP contribution is -2.49. The molecule has 1 fully saturated rings. The molecule has 0 atom stereocenters. The summed E-state index contributed by atoms with van der Waals surface area (Å²) >= 11 is 0. The molecule has 1 aliphatic rings. The van der Waals surface area contributed by atoms with Crippen LogP contribution in [0.3, 0.4) is 0 Å². The van der Waals surface area contributed by atoms with E-state index in [-0.39, 0.29) is 23.3 Å². The van der Waals surface area contributed by atoms with Crippen LogP contribution in [0.1, 0.15) is 59.8 Å². The van der Waals surface area contributed by atoms with Crippen LogP contribution in [0.4, 0.5) is 4.39 Å². The highest BCUT2D eigenvalue weighted by Gasteiger charge is 2.30. The van der Waals surface area contributed by atoms with Crippen molar-refractivity contribution >= 4 is 5.91 Å². The van der Waals surface area contributed by atoms with Crippen LogP contribution in [0.15, 0.2) is 101 Å². The third kappa shape index (κ3) is 6.52. The van der Waals surface area contributed by atoms with E-state index in [1.165, 1.54) is 17.2 Å². The number of carbonyl (C=O) groups is 1. The second-order valence-corrected chi connectivity index (χ2v) is 11.4. The smallest absolute Gasteiger partial charge is 0.289 e. The number of nitrogens with zero attached hydrogens (tertiary/aromatic N) is 3. The first-order chi connectivity index (χ1) is 19.3. The molecule has 0 radical (unpaired) electrons. The molecule has 0 N–H and O–H groups in total. The van der Waals surface area contributed by atoms with E-state index in [4.69, 9.17) is 4.42 Å². The Morgan fingerprint density at radius 3 is 1.95 bits per heavy atom. The molecule has 4 aromatic rings. The van der Waals surface area contributed by atoms with Gasteiger partial charge in [-0.2, -0.15) is 0 Å². The van der Waals surface area contributed by atoms with Crippen molar-refractivity contribution in [1.82, 2.24) is 14.7 Å². The van der Waals surface area contributed by atoms with Crippen LogP contribution in [0, 0.1) is 5.82 Å². The van der Waals surface area contributed by atoms with E-state index in [1.807, 2.05) is 35.2 Å². The summed E-state index contributed by atoms with van der Waals surface area (Å²) in [6, 6.07) is 31.7. The maximum absolute atomic E-state index is 14.4. The minimum Gasteiger partial charge on any atom is -0.455 e. The number of halogens is 1. The first-order valence-electron chi connectivity index (χ1n) is 14.0. The van der Waals surface area contributed by atoms with Crippen LogP contribution >= 0.6 is 0 Å². The van der Waals surface area contributed by atoms with Gasteiger partial charge in [0, 0.05) is 43.8 Å².